The molecular weight excluding hydrogens is 1790 g/mol. The Hall–Kier alpha value is -13.1. The molecule has 2 rings (SSSR count). The normalized spacial score (nSPS) is 16.0. The van der Waals surface area contributed by atoms with Gasteiger partial charge in [-0.2, -0.15) is 12.6 Å². The standard InChI is InChI=1S/C78H126N24O30S/c1-36(2)59(74(128)98-49(32-103)69(123)88-38(4)77(131)132)100-55(108)31-86-63(117)42(19-13-25-85-78(83)84)91-73(127)53-20-14-26-102(53)76(130)48(28-54(82)107)95-70(124)50(33-104)96-67(121)46(29-57(111)112)93-61(115)37(3)87-72(126)52(35-133)99-65(119)43(17-9-11-23-79)90-64(118)44(18-10-12-24-80)92-75(129)60(39(5)106)101-71(125)51(34-105)97-68(122)47(30-58(113)114)94-66(120)45(21-22-56(109)110)89-62(116)41(81)27-40-15-7-6-8-16-40/h6-8,15-16,36-39,41-53,59-60,103-106,133H,9-14,17-35,79-81H2,1-5H3,(H2,82,107)(H,86,117)(H,87,126)(H,88,123)(H,89,116)(H,90,118)(H,91,127)(H,92,129)(H,93,115)(H,94,120)(H,95,124)(H,96,121)(H,97,122)(H,98,128)(H,99,119)(H,100,108)(H,101,125)(H,109,110)(H,111,112)(H,113,114)(H,131,132)(H4,83,84,85)/t37-,38-,39+,41-,42-,43-,44-,45-,46-,47-,48-,49-,50-,51-,52-,53-,59-,60-/m0/s1. The number of hydrogen-bond donors (Lipinski definition) is 32. The van der Waals surface area contributed by atoms with Gasteiger partial charge in [0.2, 0.25) is 106 Å². The number of carbonyl (C=O) groups excluding carboxylic acids is 18. The van der Waals surface area contributed by atoms with Crippen LogP contribution in [0.5, 0.6) is 0 Å². The van der Waals surface area contributed by atoms with Crippen LogP contribution >= 0.6 is 12.6 Å². The van der Waals surface area contributed by atoms with Crippen LogP contribution < -0.4 is 119 Å². The Kier molecular flexibility index (Phi) is 52.4. The molecule has 0 saturated carbocycles. The molecule has 36 N–H and O–H groups in total. The molecule has 54 nitrogen and oxygen atoms in total. The summed E-state index contributed by atoms with van der Waals surface area (Å²) in [4.78, 5) is 294. The minimum atomic E-state index is -2.15. The van der Waals surface area contributed by atoms with Crippen LogP contribution in [0.25, 0.3) is 0 Å². The lowest BCUT2D eigenvalue weighted by molar-refractivity contribution is -0.144. The van der Waals surface area contributed by atoms with Crippen molar-refractivity contribution in [2.24, 2.45) is 34.6 Å². The summed E-state index contributed by atoms with van der Waals surface area (Å²) in [5.74, 6) is -29.2. The van der Waals surface area contributed by atoms with E-state index in [0.717, 1.165) is 25.7 Å². The summed E-state index contributed by atoms with van der Waals surface area (Å²) >= 11 is 4.17. The monoisotopic (exact) mass is 1910 g/mol. The first kappa shape index (κ1) is 116. The van der Waals surface area contributed by atoms with Gasteiger partial charge in [0, 0.05) is 25.3 Å². The van der Waals surface area contributed by atoms with Crippen molar-refractivity contribution in [2.75, 3.05) is 58.3 Å². The number of rotatable bonds is 63. The molecule has 0 unspecified atom stereocenters. The van der Waals surface area contributed by atoms with Crippen LogP contribution in [0.1, 0.15) is 136 Å². The van der Waals surface area contributed by atoms with Gasteiger partial charge in [0.1, 0.15) is 96.7 Å². The number of nitrogens with two attached hydrogens (primary N) is 5. The third-order valence-electron chi connectivity index (χ3n) is 20.1. The molecule has 1 aromatic carbocycles. The number of carboxylic acid groups (broad SMARTS) is 4. The van der Waals surface area contributed by atoms with Crippen molar-refractivity contribution in [1.82, 2.24) is 95.3 Å². The summed E-state index contributed by atoms with van der Waals surface area (Å²) in [6.07, 6.45) is -6.56. The van der Waals surface area contributed by atoms with Gasteiger partial charge >= 0.3 is 23.9 Å². The second-order valence-corrected chi connectivity index (χ2v) is 31.6. The van der Waals surface area contributed by atoms with E-state index in [0.29, 0.717) is 5.56 Å². The SMILES string of the molecule is CC(C)[C@H](NC(=O)CNC(=O)[C@H](CCCNC(=N)N)NC(=O)[C@@H]1CCCN1C(=O)[C@H](CC(N)=O)NC(=O)[C@H](CO)NC(=O)[C@H](CC(=O)O)NC(=O)[C@H](C)NC(=O)[C@H](CS)NC(=O)[C@H](CCCCN)NC(=O)[C@H](CCCCN)NC(=O)[C@@H](NC(=O)[C@H](CO)NC(=O)[C@H](CC(=O)O)NC(=O)[C@H](CCC(=O)O)NC(=O)[C@@H](N)Cc1ccccc1)[C@@H](C)O)C(=O)N[C@@H](CO)C(=O)N[C@@H](C)C(=O)O. The lowest BCUT2D eigenvalue weighted by Gasteiger charge is -2.30. The number of primary amides is 1. The highest BCUT2D eigenvalue weighted by Crippen LogP contribution is 2.21. The summed E-state index contributed by atoms with van der Waals surface area (Å²) in [6, 6.07) is -21.2. The number of aliphatic carboxylic acids is 4. The van der Waals surface area contributed by atoms with Gasteiger partial charge in [-0.25, -0.2) is 0 Å². The molecule has 0 bridgehead atoms. The Morgan fingerprint density at radius 1 is 0.444 bits per heavy atom. The van der Waals surface area contributed by atoms with Crippen LogP contribution in [-0.4, -0.2) is 349 Å². The lowest BCUT2D eigenvalue weighted by Crippen LogP contribution is -2.62. The van der Waals surface area contributed by atoms with Gasteiger partial charge in [0.25, 0.3) is 0 Å². The van der Waals surface area contributed by atoms with Crippen molar-refractivity contribution < 1.29 is 146 Å². The second-order valence-electron chi connectivity index (χ2n) is 31.3. The first-order valence-electron chi connectivity index (χ1n) is 42.3. The Morgan fingerprint density at radius 2 is 0.857 bits per heavy atom. The molecule has 0 radical (unpaired) electrons. The predicted octanol–water partition coefficient (Wildman–Crippen LogP) is -13.8. The molecule has 55 heteroatoms. The van der Waals surface area contributed by atoms with E-state index >= 15 is 0 Å². The van der Waals surface area contributed by atoms with Crippen LogP contribution in [0.15, 0.2) is 30.3 Å². The van der Waals surface area contributed by atoms with E-state index in [1.54, 1.807) is 30.3 Å². The van der Waals surface area contributed by atoms with Crippen molar-refractivity contribution in [1.29, 1.82) is 5.41 Å². The highest BCUT2D eigenvalue weighted by atomic mass is 32.1. The second kappa shape index (κ2) is 60.1. The van der Waals surface area contributed by atoms with Crippen LogP contribution in [0.2, 0.25) is 0 Å². The van der Waals surface area contributed by atoms with E-state index < -0.39 is 315 Å². The molecule has 18 atom stereocenters. The van der Waals surface area contributed by atoms with Crippen molar-refractivity contribution >= 4 is 149 Å². The number of nitrogens with one attached hydrogen (secondary N) is 18. The number of guanidine groups is 1. The van der Waals surface area contributed by atoms with Gasteiger partial charge in [-0.1, -0.05) is 44.2 Å². The molecule has 0 aromatic heterocycles. The lowest BCUT2D eigenvalue weighted by atomic mass is 10.0. The Morgan fingerprint density at radius 3 is 1.33 bits per heavy atom. The summed E-state index contributed by atoms with van der Waals surface area (Å²) < 4.78 is 0. The number of amides is 18. The van der Waals surface area contributed by atoms with E-state index in [1.165, 1.54) is 13.8 Å². The van der Waals surface area contributed by atoms with Gasteiger partial charge in [-0.05, 0) is 122 Å². The topological polar surface area (TPSA) is 899 Å². The van der Waals surface area contributed by atoms with Crippen LogP contribution in [0.4, 0.5) is 0 Å². The number of aliphatic hydroxyl groups is 4. The quantitative estimate of drug-likeness (QED) is 0.0125. The number of likely N-dealkylation sites (tertiary alicyclic amines) is 1. The molecule has 0 aliphatic carbocycles. The maximum atomic E-state index is 14.4. The zero-order valence-electron chi connectivity index (χ0n) is 73.9. The maximum absolute atomic E-state index is 14.4. The third kappa shape index (κ3) is 42.3. The number of benzene rings is 1. The molecule has 1 fully saturated rings. The van der Waals surface area contributed by atoms with Crippen LogP contribution in [0, 0.1) is 11.3 Å². The molecule has 1 heterocycles. The smallest absolute Gasteiger partial charge is 0.325 e. The number of nitrogens with zero attached hydrogens (tertiary/aromatic N) is 1. The van der Waals surface area contributed by atoms with Crippen molar-refractivity contribution in [3.63, 3.8) is 0 Å². The molecule has 0 spiro atoms. The summed E-state index contributed by atoms with van der Waals surface area (Å²) in [5, 5.41) is 125. The number of hydrogen-bond acceptors (Lipinski definition) is 31. The molecule has 744 valence electrons. The average Bonchev–Trinajstić information content (AvgIpc) is 1.70. The van der Waals surface area contributed by atoms with Crippen molar-refractivity contribution in [2.45, 2.75) is 246 Å². The van der Waals surface area contributed by atoms with Gasteiger partial charge in [0.15, 0.2) is 5.96 Å². The zero-order valence-corrected chi connectivity index (χ0v) is 74.8. The summed E-state index contributed by atoms with van der Waals surface area (Å²) in [5.41, 5.74) is 29.0. The van der Waals surface area contributed by atoms with Crippen LogP contribution in [-0.2, 0) is 112 Å². The molecule has 1 saturated heterocycles. The molecular formula is C78H126N24O30S. The van der Waals surface area contributed by atoms with Crippen molar-refractivity contribution in [3.05, 3.63) is 35.9 Å². The van der Waals surface area contributed by atoms with E-state index in [4.69, 9.17) is 39.2 Å². The predicted molar refractivity (Wildman–Crippen MR) is 466 cm³/mol. The minimum absolute atomic E-state index is 0.0243. The Bertz CT molecular complexity index is 4210. The van der Waals surface area contributed by atoms with Crippen LogP contribution in [0.3, 0.4) is 0 Å². The number of carbonyl (C=O) groups is 22. The molecule has 133 heavy (non-hydrogen) atoms. The highest BCUT2D eigenvalue weighted by Gasteiger charge is 2.43. The first-order chi connectivity index (χ1) is 62.6. The van der Waals surface area contributed by atoms with Crippen molar-refractivity contribution in [3.8, 4) is 0 Å². The summed E-state index contributed by atoms with van der Waals surface area (Å²) in [7, 11) is 0. The number of unbranched alkanes of at least 4 members (excludes halogenated alkanes) is 2. The van der Waals surface area contributed by atoms with E-state index in [2.05, 4.69) is 92.4 Å². The van der Waals surface area contributed by atoms with E-state index in [-0.39, 0.29) is 96.8 Å². The number of carboxylic acids is 4. The third-order valence-corrected chi connectivity index (χ3v) is 20.4. The molecule has 1 aliphatic rings. The number of thiol groups is 1. The molecule has 18 amide bonds. The zero-order chi connectivity index (χ0) is 101. The van der Waals surface area contributed by atoms with E-state index in [1.807, 2.05) is 10.6 Å². The summed E-state index contributed by atoms with van der Waals surface area (Å²) in [6.45, 7) is 1.63. The Balaban J connectivity index is 2.32. The van der Waals surface area contributed by atoms with Gasteiger partial charge in [0.05, 0.1) is 57.8 Å². The molecule has 1 aromatic rings. The van der Waals surface area contributed by atoms with Gasteiger partial charge in [-0.3, -0.25) is 111 Å². The maximum Gasteiger partial charge on any atom is 0.325 e. The number of aliphatic hydroxyl groups excluding tert-OH is 4. The first-order valence-corrected chi connectivity index (χ1v) is 42.9. The van der Waals surface area contributed by atoms with E-state index in [9.17, 15) is 141 Å². The fourth-order valence-electron chi connectivity index (χ4n) is 12.7. The highest BCUT2D eigenvalue weighted by molar-refractivity contribution is 7.80. The minimum Gasteiger partial charge on any atom is -0.481 e. The Labute approximate surface area is 767 Å². The average molecular weight is 1910 g/mol. The van der Waals surface area contributed by atoms with Gasteiger partial charge < -0.3 is 165 Å². The fraction of sp³-hybridized carbons (Fsp3) is 0.628. The largest absolute Gasteiger partial charge is 0.481 e. The fourth-order valence-corrected chi connectivity index (χ4v) is 13.0. The molecule has 1 aliphatic heterocycles. The van der Waals surface area contributed by atoms with Gasteiger partial charge in [-0.15, -0.1) is 0 Å².